The molecule has 104 valence electrons. The Kier molecular flexibility index (Phi) is 3.51. The molecule has 0 bridgehead atoms. The van der Waals surface area contributed by atoms with Crippen LogP contribution in [-0.4, -0.2) is 27.7 Å². The Balaban J connectivity index is 1.70. The van der Waals surface area contributed by atoms with Crippen molar-refractivity contribution < 1.29 is 14.0 Å². The van der Waals surface area contributed by atoms with E-state index in [1.807, 2.05) is 0 Å². The van der Waals surface area contributed by atoms with Gasteiger partial charge in [0.2, 0.25) is 11.8 Å². The van der Waals surface area contributed by atoms with Crippen LogP contribution in [0.25, 0.3) is 0 Å². The van der Waals surface area contributed by atoms with Gasteiger partial charge in [0.05, 0.1) is 12.8 Å². The van der Waals surface area contributed by atoms with Crippen LogP contribution < -0.4 is 5.32 Å². The molecule has 3 rings (SSSR count). The van der Waals surface area contributed by atoms with Gasteiger partial charge in [0, 0.05) is 18.0 Å². The zero-order valence-electron chi connectivity index (χ0n) is 10.6. The van der Waals surface area contributed by atoms with Crippen molar-refractivity contribution in [2.75, 3.05) is 5.32 Å². The molecule has 3 heterocycles. The highest BCUT2D eigenvalue weighted by Crippen LogP contribution is 2.23. The molecule has 7 heteroatoms. The summed E-state index contributed by atoms with van der Waals surface area (Å²) in [4.78, 5) is 29.7. The second-order valence-corrected chi connectivity index (χ2v) is 5.38. The fourth-order valence-corrected chi connectivity index (χ4v) is 2.78. The average Bonchev–Trinajstić information content (AvgIpc) is 3.14. The van der Waals surface area contributed by atoms with Crippen LogP contribution in [0.2, 0.25) is 0 Å². The highest BCUT2D eigenvalue weighted by atomic mass is 32.1. The van der Waals surface area contributed by atoms with Crippen molar-refractivity contribution in [2.24, 2.45) is 0 Å². The fraction of sp³-hybridized carbons (Fsp3) is 0.308. The van der Waals surface area contributed by atoms with E-state index in [2.05, 4.69) is 10.3 Å². The number of furan rings is 1. The molecule has 1 N–H and O–H groups in total. The van der Waals surface area contributed by atoms with Crippen molar-refractivity contribution in [1.29, 1.82) is 0 Å². The summed E-state index contributed by atoms with van der Waals surface area (Å²) >= 11 is 1.35. The maximum atomic E-state index is 12.2. The van der Waals surface area contributed by atoms with Gasteiger partial charge in [-0.25, -0.2) is 4.98 Å². The van der Waals surface area contributed by atoms with Crippen LogP contribution >= 0.6 is 11.3 Å². The van der Waals surface area contributed by atoms with Crippen molar-refractivity contribution in [3.63, 3.8) is 0 Å². The van der Waals surface area contributed by atoms with Gasteiger partial charge < -0.3 is 14.6 Å². The van der Waals surface area contributed by atoms with E-state index >= 15 is 0 Å². The highest BCUT2D eigenvalue weighted by molar-refractivity contribution is 7.13. The van der Waals surface area contributed by atoms with Crippen molar-refractivity contribution in [1.82, 2.24) is 9.88 Å². The number of hydrogen-bond acceptors (Lipinski definition) is 5. The Morgan fingerprint density at radius 2 is 2.50 bits per heavy atom. The van der Waals surface area contributed by atoms with Gasteiger partial charge in [-0.05, 0) is 18.6 Å². The SMILES string of the molecule is O=C(Nc1nccs1)[C@@H]1CCC(=O)N1Cc1ccco1. The monoisotopic (exact) mass is 291 g/mol. The summed E-state index contributed by atoms with van der Waals surface area (Å²) in [6.45, 7) is 0.321. The summed E-state index contributed by atoms with van der Waals surface area (Å²) in [6, 6.07) is 3.10. The molecule has 0 spiro atoms. The molecule has 0 aliphatic carbocycles. The zero-order valence-corrected chi connectivity index (χ0v) is 11.4. The first-order chi connectivity index (χ1) is 9.74. The average molecular weight is 291 g/mol. The van der Waals surface area contributed by atoms with E-state index in [9.17, 15) is 9.59 Å². The van der Waals surface area contributed by atoms with Crippen LogP contribution in [0.4, 0.5) is 5.13 Å². The van der Waals surface area contributed by atoms with Crippen LogP contribution in [-0.2, 0) is 16.1 Å². The number of carbonyl (C=O) groups is 2. The first-order valence-electron chi connectivity index (χ1n) is 6.26. The predicted octanol–water partition coefficient (Wildman–Crippen LogP) is 1.87. The first-order valence-corrected chi connectivity index (χ1v) is 7.14. The Hall–Kier alpha value is -2.15. The summed E-state index contributed by atoms with van der Waals surface area (Å²) in [5, 5.41) is 5.07. The Morgan fingerprint density at radius 1 is 1.60 bits per heavy atom. The maximum absolute atomic E-state index is 12.2. The fourth-order valence-electron chi connectivity index (χ4n) is 2.25. The summed E-state index contributed by atoms with van der Waals surface area (Å²) in [7, 11) is 0. The smallest absolute Gasteiger partial charge is 0.248 e. The van der Waals surface area contributed by atoms with Crippen LogP contribution in [0.1, 0.15) is 18.6 Å². The molecule has 1 aliphatic rings. The van der Waals surface area contributed by atoms with Crippen molar-refractivity contribution >= 4 is 28.3 Å². The van der Waals surface area contributed by atoms with Crippen LogP contribution in [0.15, 0.2) is 34.4 Å². The second-order valence-electron chi connectivity index (χ2n) is 4.48. The topological polar surface area (TPSA) is 75.4 Å². The van der Waals surface area contributed by atoms with E-state index in [0.717, 1.165) is 0 Å². The molecular formula is C13H13N3O3S. The van der Waals surface area contributed by atoms with Gasteiger partial charge in [0.1, 0.15) is 11.8 Å². The largest absolute Gasteiger partial charge is 0.467 e. The van der Waals surface area contributed by atoms with Gasteiger partial charge in [-0.15, -0.1) is 11.3 Å². The normalized spacial score (nSPS) is 18.5. The van der Waals surface area contributed by atoms with E-state index in [4.69, 9.17) is 4.42 Å². The Morgan fingerprint density at radius 3 is 3.20 bits per heavy atom. The molecule has 0 radical (unpaired) electrons. The lowest BCUT2D eigenvalue weighted by Crippen LogP contribution is -2.41. The van der Waals surface area contributed by atoms with E-state index in [0.29, 0.717) is 30.3 Å². The Bertz CT molecular complexity index is 594. The standard InChI is InChI=1S/C13H13N3O3S/c17-11-4-3-10(12(18)15-13-14-5-7-20-13)16(11)8-9-2-1-6-19-9/h1-2,5-7,10H,3-4,8H2,(H,14,15,18)/t10-/m0/s1. The van der Waals surface area contributed by atoms with Gasteiger partial charge in [-0.3, -0.25) is 9.59 Å². The summed E-state index contributed by atoms with van der Waals surface area (Å²) in [5.74, 6) is 0.449. The second kappa shape index (κ2) is 5.46. The van der Waals surface area contributed by atoms with Crippen molar-refractivity contribution in [2.45, 2.75) is 25.4 Å². The molecule has 1 saturated heterocycles. The lowest BCUT2D eigenvalue weighted by molar-refractivity contribution is -0.134. The molecule has 1 aliphatic heterocycles. The molecule has 0 saturated carbocycles. The third kappa shape index (κ3) is 2.57. The molecule has 6 nitrogen and oxygen atoms in total. The van der Waals surface area contributed by atoms with Crippen molar-refractivity contribution in [3.05, 3.63) is 35.7 Å². The quantitative estimate of drug-likeness (QED) is 0.933. The lowest BCUT2D eigenvalue weighted by Gasteiger charge is -2.22. The molecule has 2 aromatic heterocycles. The molecular weight excluding hydrogens is 278 g/mol. The number of anilines is 1. The summed E-state index contributed by atoms with van der Waals surface area (Å²) in [6.07, 6.45) is 4.09. The molecule has 2 aromatic rings. The van der Waals surface area contributed by atoms with Crippen LogP contribution in [0.3, 0.4) is 0 Å². The van der Waals surface area contributed by atoms with Gasteiger partial charge in [0.25, 0.3) is 0 Å². The van der Waals surface area contributed by atoms with Gasteiger partial charge >= 0.3 is 0 Å². The van der Waals surface area contributed by atoms with Crippen molar-refractivity contribution in [3.8, 4) is 0 Å². The number of aromatic nitrogens is 1. The minimum Gasteiger partial charge on any atom is -0.467 e. The predicted molar refractivity (Wildman–Crippen MR) is 73.0 cm³/mol. The Labute approximate surface area is 119 Å². The molecule has 1 fully saturated rings. The van der Waals surface area contributed by atoms with Crippen LogP contribution in [0, 0.1) is 0 Å². The van der Waals surface area contributed by atoms with E-state index < -0.39 is 6.04 Å². The number of rotatable bonds is 4. The summed E-state index contributed by atoms with van der Waals surface area (Å²) < 4.78 is 5.24. The van der Waals surface area contributed by atoms with Gasteiger partial charge in [0.15, 0.2) is 5.13 Å². The van der Waals surface area contributed by atoms with E-state index in [1.165, 1.54) is 11.3 Å². The zero-order chi connectivity index (χ0) is 13.9. The third-order valence-corrected chi connectivity index (χ3v) is 3.89. The maximum Gasteiger partial charge on any atom is 0.248 e. The number of carbonyl (C=O) groups excluding carboxylic acids is 2. The molecule has 0 unspecified atom stereocenters. The minimum absolute atomic E-state index is 0.0271. The number of nitrogens with one attached hydrogen (secondary N) is 1. The molecule has 1 atom stereocenters. The first kappa shape index (κ1) is 12.9. The minimum atomic E-state index is -0.462. The molecule has 2 amide bonds. The number of likely N-dealkylation sites (tertiary alicyclic amines) is 1. The number of amides is 2. The number of nitrogens with zero attached hydrogens (tertiary/aromatic N) is 2. The van der Waals surface area contributed by atoms with Gasteiger partial charge in [-0.2, -0.15) is 0 Å². The highest BCUT2D eigenvalue weighted by Gasteiger charge is 2.36. The summed E-state index contributed by atoms with van der Waals surface area (Å²) in [5.41, 5.74) is 0. The van der Waals surface area contributed by atoms with Gasteiger partial charge in [-0.1, -0.05) is 0 Å². The van der Waals surface area contributed by atoms with E-state index in [1.54, 1.807) is 34.9 Å². The third-order valence-electron chi connectivity index (χ3n) is 3.20. The number of hydrogen-bond donors (Lipinski definition) is 1. The van der Waals surface area contributed by atoms with Crippen LogP contribution in [0.5, 0.6) is 0 Å². The molecule has 0 aromatic carbocycles. The lowest BCUT2D eigenvalue weighted by atomic mass is 10.2. The number of thiazole rings is 1. The van der Waals surface area contributed by atoms with E-state index in [-0.39, 0.29) is 11.8 Å². The molecule has 20 heavy (non-hydrogen) atoms.